The second-order valence-corrected chi connectivity index (χ2v) is 5.69. The molecule has 3 rings (SSSR count). The van der Waals surface area contributed by atoms with Crippen molar-refractivity contribution in [1.29, 1.82) is 0 Å². The molecule has 0 saturated heterocycles. The molecular weight excluding hydrogens is 260 g/mol. The average Bonchev–Trinajstić information content (AvgIpc) is 2.51. The molecule has 1 unspecified atom stereocenters. The summed E-state index contributed by atoms with van der Waals surface area (Å²) in [4.78, 5) is 4.61. The summed E-state index contributed by atoms with van der Waals surface area (Å²) in [5, 5.41) is 3.49. The predicted octanol–water partition coefficient (Wildman–Crippen LogP) is 3.47. The summed E-state index contributed by atoms with van der Waals surface area (Å²) < 4.78 is 5.53. The number of ether oxygens (including phenoxy) is 1. The molecule has 1 atom stereocenters. The van der Waals surface area contributed by atoms with Gasteiger partial charge in [0.25, 0.3) is 0 Å². The smallest absolute Gasteiger partial charge is 0.142 e. The maximum atomic E-state index is 5.53. The molecule has 1 aliphatic carbocycles. The first-order valence-electron chi connectivity index (χ1n) is 7.53. The summed E-state index contributed by atoms with van der Waals surface area (Å²) in [7, 11) is 3.73. The van der Waals surface area contributed by atoms with Gasteiger partial charge in [-0.1, -0.05) is 36.8 Å². The second-order valence-electron chi connectivity index (χ2n) is 5.69. The number of benzene rings is 1. The van der Waals surface area contributed by atoms with E-state index in [1.165, 1.54) is 24.8 Å². The molecule has 1 aromatic heterocycles. The number of hydrogen-bond donors (Lipinski definition) is 1. The van der Waals surface area contributed by atoms with Crippen LogP contribution in [0.1, 0.15) is 36.6 Å². The van der Waals surface area contributed by atoms with E-state index < -0.39 is 0 Å². The van der Waals surface area contributed by atoms with Crippen LogP contribution in [-0.4, -0.2) is 19.1 Å². The molecule has 0 amide bonds. The average molecular weight is 282 g/mol. The van der Waals surface area contributed by atoms with Crippen molar-refractivity contribution in [3.05, 3.63) is 59.9 Å². The zero-order valence-electron chi connectivity index (χ0n) is 12.7. The third kappa shape index (κ3) is 2.32. The van der Waals surface area contributed by atoms with Gasteiger partial charge in [0.2, 0.25) is 0 Å². The van der Waals surface area contributed by atoms with Crippen LogP contribution in [-0.2, 0) is 5.41 Å². The number of pyridine rings is 1. The number of hydrogen-bond acceptors (Lipinski definition) is 3. The van der Waals surface area contributed by atoms with E-state index in [-0.39, 0.29) is 11.5 Å². The van der Waals surface area contributed by atoms with Crippen LogP contribution in [0, 0.1) is 0 Å². The van der Waals surface area contributed by atoms with Crippen molar-refractivity contribution in [3.8, 4) is 5.75 Å². The predicted molar refractivity (Wildman–Crippen MR) is 84.6 cm³/mol. The quantitative estimate of drug-likeness (QED) is 0.911. The Hall–Kier alpha value is -1.87. The van der Waals surface area contributed by atoms with Crippen LogP contribution < -0.4 is 10.1 Å². The molecule has 0 radical (unpaired) electrons. The van der Waals surface area contributed by atoms with E-state index in [9.17, 15) is 0 Å². The third-order valence-electron chi connectivity index (χ3n) is 4.73. The van der Waals surface area contributed by atoms with Gasteiger partial charge in [-0.3, -0.25) is 4.98 Å². The molecule has 1 fully saturated rings. The van der Waals surface area contributed by atoms with Crippen LogP contribution in [0.3, 0.4) is 0 Å². The molecule has 3 nitrogen and oxygen atoms in total. The number of likely N-dealkylation sites (N-methyl/N-ethyl adjacent to an activating group) is 1. The minimum Gasteiger partial charge on any atom is -0.495 e. The summed E-state index contributed by atoms with van der Waals surface area (Å²) in [5.41, 5.74) is 2.52. The topological polar surface area (TPSA) is 34.2 Å². The fourth-order valence-corrected chi connectivity index (χ4v) is 3.54. The third-order valence-corrected chi connectivity index (χ3v) is 4.73. The molecule has 21 heavy (non-hydrogen) atoms. The molecular formula is C18H22N2O. The largest absolute Gasteiger partial charge is 0.495 e. The molecule has 2 aromatic rings. The highest BCUT2D eigenvalue weighted by Gasteiger charge is 2.46. The Morgan fingerprint density at radius 3 is 2.48 bits per heavy atom. The molecule has 1 heterocycles. The van der Waals surface area contributed by atoms with Crippen LogP contribution in [0.5, 0.6) is 5.75 Å². The van der Waals surface area contributed by atoms with Crippen LogP contribution in [0.15, 0.2) is 48.7 Å². The molecule has 1 aromatic carbocycles. The van der Waals surface area contributed by atoms with Crippen molar-refractivity contribution in [3.63, 3.8) is 0 Å². The first kappa shape index (κ1) is 14.1. The van der Waals surface area contributed by atoms with E-state index in [0.29, 0.717) is 0 Å². The van der Waals surface area contributed by atoms with E-state index in [1.54, 1.807) is 7.11 Å². The molecule has 0 bridgehead atoms. The molecule has 0 spiro atoms. The van der Waals surface area contributed by atoms with E-state index in [4.69, 9.17) is 4.74 Å². The molecule has 0 aliphatic heterocycles. The van der Waals surface area contributed by atoms with Gasteiger partial charge in [-0.15, -0.1) is 0 Å². The maximum absolute atomic E-state index is 5.53. The van der Waals surface area contributed by atoms with Crippen LogP contribution in [0.4, 0.5) is 0 Å². The number of aromatic nitrogens is 1. The molecule has 110 valence electrons. The molecule has 1 N–H and O–H groups in total. The van der Waals surface area contributed by atoms with Gasteiger partial charge in [-0.05, 0) is 37.6 Å². The lowest BCUT2D eigenvalue weighted by atomic mass is 9.59. The Morgan fingerprint density at radius 2 is 1.90 bits per heavy atom. The van der Waals surface area contributed by atoms with Crippen molar-refractivity contribution >= 4 is 0 Å². The summed E-state index contributed by atoms with van der Waals surface area (Å²) in [6.07, 6.45) is 5.48. The zero-order valence-corrected chi connectivity index (χ0v) is 12.7. The summed E-state index contributed by atoms with van der Waals surface area (Å²) in [6.45, 7) is 0. The van der Waals surface area contributed by atoms with Gasteiger partial charge in [-0.25, -0.2) is 0 Å². The Kier molecular flexibility index (Phi) is 3.93. The summed E-state index contributed by atoms with van der Waals surface area (Å²) in [6, 6.07) is 14.9. The molecule has 1 saturated carbocycles. The van der Waals surface area contributed by atoms with Gasteiger partial charge in [0, 0.05) is 11.6 Å². The number of rotatable bonds is 5. The van der Waals surface area contributed by atoms with E-state index >= 15 is 0 Å². The second kappa shape index (κ2) is 5.86. The van der Waals surface area contributed by atoms with E-state index in [2.05, 4.69) is 40.6 Å². The molecule has 3 heteroatoms. The van der Waals surface area contributed by atoms with Crippen molar-refractivity contribution in [1.82, 2.24) is 10.3 Å². The van der Waals surface area contributed by atoms with Crippen molar-refractivity contribution in [2.75, 3.05) is 14.2 Å². The number of nitrogens with zero attached hydrogens (tertiary/aromatic N) is 1. The van der Waals surface area contributed by atoms with Crippen LogP contribution in [0.2, 0.25) is 0 Å². The fourth-order valence-electron chi connectivity index (χ4n) is 3.54. The van der Waals surface area contributed by atoms with Gasteiger partial charge in [0.1, 0.15) is 11.4 Å². The number of nitrogens with one attached hydrogen (secondary N) is 1. The first-order chi connectivity index (χ1) is 10.3. The van der Waals surface area contributed by atoms with Crippen molar-refractivity contribution in [2.45, 2.75) is 30.7 Å². The lowest BCUT2D eigenvalue weighted by molar-refractivity contribution is 0.170. The number of methoxy groups -OCH3 is 1. The van der Waals surface area contributed by atoms with Gasteiger partial charge >= 0.3 is 0 Å². The SMILES string of the molecule is CNC(c1ncccc1OC)C1(c2ccccc2)CCC1. The zero-order chi connectivity index (χ0) is 14.7. The van der Waals surface area contributed by atoms with Crippen molar-refractivity contribution in [2.24, 2.45) is 0 Å². The minimum absolute atomic E-state index is 0.123. The lowest BCUT2D eigenvalue weighted by Gasteiger charge is -2.48. The highest BCUT2D eigenvalue weighted by molar-refractivity contribution is 5.38. The maximum Gasteiger partial charge on any atom is 0.142 e. The Labute approximate surface area is 126 Å². The Balaban J connectivity index is 2.06. The summed E-state index contributed by atoms with van der Waals surface area (Å²) in [5.74, 6) is 0.860. The highest BCUT2D eigenvalue weighted by atomic mass is 16.5. The summed E-state index contributed by atoms with van der Waals surface area (Å²) >= 11 is 0. The Bertz CT molecular complexity index is 593. The van der Waals surface area contributed by atoms with E-state index in [1.807, 2.05) is 25.4 Å². The fraction of sp³-hybridized carbons (Fsp3) is 0.389. The van der Waals surface area contributed by atoms with Gasteiger partial charge in [-0.2, -0.15) is 0 Å². The monoisotopic (exact) mass is 282 g/mol. The van der Waals surface area contributed by atoms with Crippen LogP contribution >= 0.6 is 0 Å². The Morgan fingerprint density at radius 1 is 1.14 bits per heavy atom. The highest BCUT2D eigenvalue weighted by Crippen LogP contribution is 2.52. The van der Waals surface area contributed by atoms with Gasteiger partial charge in [0.15, 0.2) is 0 Å². The first-order valence-corrected chi connectivity index (χ1v) is 7.53. The molecule has 1 aliphatic rings. The van der Waals surface area contributed by atoms with Gasteiger partial charge in [0.05, 0.1) is 13.2 Å². The normalized spacial score (nSPS) is 17.8. The standard InChI is InChI=1S/C18H22N2O/c1-19-17(16-15(21-2)10-6-13-20-16)18(11-7-12-18)14-8-4-3-5-9-14/h3-6,8-10,13,17,19H,7,11-12H2,1-2H3. The van der Waals surface area contributed by atoms with Crippen molar-refractivity contribution < 1.29 is 4.74 Å². The van der Waals surface area contributed by atoms with Crippen LogP contribution in [0.25, 0.3) is 0 Å². The minimum atomic E-state index is 0.123. The van der Waals surface area contributed by atoms with E-state index in [0.717, 1.165) is 11.4 Å². The van der Waals surface area contributed by atoms with Gasteiger partial charge < -0.3 is 10.1 Å². The lowest BCUT2D eigenvalue weighted by Crippen LogP contribution is -2.46.